The fourth-order valence-electron chi connectivity index (χ4n) is 5.96. The zero-order chi connectivity index (χ0) is 18.5. The number of carbonyl (C=O) groups is 1. The van der Waals surface area contributed by atoms with Gasteiger partial charge in [0.05, 0.1) is 0 Å². The summed E-state index contributed by atoms with van der Waals surface area (Å²) in [6.07, 6.45) is 5.91. The number of likely N-dealkylation sites (tertiary alicyclic amines) is 1. The number of nitrogens with zero attached hydrogens (tertiary/aromatic N) is 1. The van der Waals surface area contributed by atoms with Gasteiger partial charge in [0.2, 0.25) is 5.91 Å². The van der Waals surface area contributed by atoms with Crippen molar-refractivity contribution in [2.75, 3.05) is 13.2 Å². The van der Waals surface area contributed by atoms with E-state index in [4.69, 9.17) is 0 Å². The van der Waals surface area contributed by atoms with Crippen LogP contribution >= 0.6 is 0 Å². The molecule has 1 heterocycles. The van der Waals surface area contributed by atoms with Gasteiger partial charge in [-0.1, -0.05) is 45.0 Å². The highest BCUT2D eigenvalue weighted by Crippen LogP contribution is 2.56. The fourth-order valence-corrected chi connectivity index (χ4v) is 5.96. The zero-order valence-electron chi connectivity index (χ0n) is 16.5. The van der Waals surface area contributed by atoms with E-state index >= 15 is 0 Å². The Hall–Kier alpha value is -1.35. The number of benzene rings is 1. The summed E-state index contributed by atoms with van der Waals surface area (Å²) in [5, 5.41) is 9.38. The number of fused-ring (bicyclic) bond motifs is 4. The average Bonchev–Trinajstić information content (AvgIpc) is 2.64. The lowest BCUT2D eigenvalue weighted by molar-refractivity contribution is -0.149. The number of aliphatic hydroxyl groups is 1. The van der Waals surface area contributed by atoms with Gasteiger partial charge in [0.15, 0.2) is 0 Å². The van der Waals surface area contributed by atoms with Crippen LogP contribution in [0, 0.1) is 17.3 Å². The van der Waals surface area contributed by atoms with Gasteiger partial charge in [-0.25, -0.2) is 0 Å². The van der Waals surface area contributed by atoms with E-state index in [9.17, 15) is 9.90 Å². The number of carbonyl (C=O) groups excluding carboxylic acids is 1. The van der Waals surface area contributed by atoms with E-state index in [1.807, 2.05) is 0 Å². The number of aliphatic hydroxyl groups excluding tert-OH is 1. The van der Waals surface area contributed by atoms with Gasteiger partial charge in [0.25, 0.3) is 0 Å². The summed E-state index contributed by atoms with van der Waals surface area (Å²) in [5.41, 5.74) is 3.15. The molecule has 2 bridgehead atoms. The maximum Gasteiger partial charge on any atom is 0.225 e. The lowest BCUT2D eigenvalue weighted by Gasteiger charge is -2.61. The second-order valence-corrected chi connectivity index (χ2v) is 9.61. The quantitative estimate of drug-likeness (QED) is 0.873. The number of amides is 1. The first-order chi connectivity index (χ1) is 12.4. The molecule has 0 unspecified atom stereocenters. The van der Waals surface area contributed by atoms with Crippen LogP contribution < -0.4 is 0 Å². The molecule has 3 nitrogen and oxygen atoms in total. The third-order valence-corrected chi connectivity index (χ3v) is 8.25. The molecule has 1 aromatic carbocycles. The van der Waals surface area contributed by atoms with E-state index in [1.165, 1.54) is 11.1 Å². The Balaban J connectivity index is 1.61. The summed E-state index contributed by atoms with van der Waals surface area (Å²) >= 11 is 0. The van der Waals surface area contributed by atoms with E-state index < -0.39 is 0 Å². The molecule has 3 aliphatic rings. The van der Waals surface area contributed by atoms with E-state index in [1.54, 1.807) is 0 Å². The van der Waals surface area contributed by atoms with Gasteiger partial charge in [-0.15, -0.1) is 0 Å². The van der Waals surface area contributed by atoms with Crippen LogP contribution in [0.15, 0.2) is 24.3 Å². The van der Waals surface area contributed by atoms with Crippen LogP contribution in [0.25, 0.3) is 0 Å². The van der Waals surface area contributed by atoms with Gasteiger partial charge in [0.1, 0.15) is 0 Å². The molecule has 26 heavy (non-hydrogen) atoms. The SMILES string of the molecule is CC1(C)[C@H]2Cc3ccccc3[C@]1(C)CCN2C(=O)[C@H]1CC[C@@H](CO)CC1. The van der Waals surface area contributed by atoms with Gasteiger partial charge in [-0.05, 0) is 61.0 Å². The number of hydrogen-bond donors (Lipinski definition) is 1. The van der Waals surface area contributed by atoms with Crippen LogP contribution in [0.2, 0.25) is 0 Å². The monoisotopic (exact) mass is 355 g/mol. The molecule has 1 saturated carbocycles. The summed E-state index contributed by atoms with van der Waals surface area (Å²) in [6.45, 7) is 8.31. The molecule has 1 N–H and O–H groups in total. The average molecular weight is 356 g/mol. The molecule has 2 fully saturated rings. The molecule has 4 rings (SSSR count). The Morgan fingerprint density at radius 3 is 2.54 bits per heavy atom. The topological polar surface area (TPSA) is 40.5 Å². The predicted octanol–water partition coefficient (Wildman–Crippen LogP) is 3.93. The maximum atomic E-state index is 13.4. The van der Waals surface area contributed by atoms with E-state index in [0.717, 1.165) is 45.1 Å². The van der Waals surface area contributed by atoms with Crippen LogP contribution in [0.5, 0.6) is 0 Å². The van der Waals surface area contributed by atoms with Crippen molar-refractivity contribution in [1.29, 1.82) is 0 Å². The first-order valence-electron chi connectivity index (χ1n) is 10.4. The Bertz CT molecular complexity index is 689. The lowest BCUT2D eigenvalue weighted by Crippen LogP contribution is -2.65. The number of piperidine rings is 1. The largest absolute Gasteiger partial charge is 0.396 e. The molecular formula is C23H33NO2. The van der Waals surface area contributed by atoms with Crippen LogP contribution in [0.4, 0.5) is 0 Å². The number of rotatable bonds is 2. The summed E-state index contributed by atoms with van der Waals surface area (Å²) in [6, 6.07) is 9.16. The Morgan fingerprint density at radius 1 is 1.15 bits per heavy atom. The smallest absolute Gasteiger partial charge is 0.225 e. The first kappa shape index (κ1) is 18.0. The summed E-state index contributed by atoms with van der Waals surface area (Å²) in [4.78, 5) is 15.7. The van der Waals surface area contributed by atoms with Crippen molar-refractivity contribution in [1.82, 2.24) is 4.90 Å². The third kappa shape index (κ3) is 2.54. The van der Waals surface area contributed by atoms with Crippen molar-refractivity contribution in [2.24, 2.45) is 17.3 Å². The summed E-state index contributed by atoms with van der Waals surface area (Å²) < 4.78 is 0. The molecule has 1 saturated heterocycles. The lowest BCUT2D eigenvalue weighted by atomic mass is 9.51. The maximum absolute atomic E-state index is 13.4. The van der Waals surface area contributed by atoms with Gasteiger partial charge in [-0.2, -0.15) is 0 Å². The Morgan fingerprint density at radius 2 is 1.85 bits per heavy atom. The van der Waals surface area contributed by atoms with Crippen LogP contribution in [-0.4, -0.2) is 35.1 Å². The highest BCUT2D eigenvalue weighted by Gasteiger charge is 2.57. The standard InChI is InChI=1S/C23H33NO2/c1-22(2)20-14-18-6-4-5-7-19(18)23(22,3)12-13-24(20)21(26)17-10-8-16(15-25)9-11-17/h4-7,16-17,20,25H,8-15H2,1-3H3/t16-,17+,20-,23+/m1/s1. The van der Waals surface area contributed by atoms with Crippen LogP contribution in [0.3, 0.4) is 0 Å². The molecule has 2 aliphatic carbocycles. The van der Waals surface area contributed by atoms with Gasteiger partial charge >= 0.3 is 0 Å². The van der Waals surface area contributed by atoms with E-state index in [2.05, 4.69) is 49.9 Å². The van der Waals surface area contributed by atoms with Gasteiger partial charge in [0, 0.05) is 30.5 Å². The fraction of sp³-hybridized carbons (Fsp3) is 0.696. The minimum absolute atomic E-state index is 0.0809. The molecular weight excluding hydrogens is 322 g/mol. The molecule has 3 heteroatoms. The summed E-state index contributed by atoms with van der Waals surface area (Å²) in [7, 11) is 0. The number of hydrogen-bond acceptors (Lipinski definition) is 2. The van der Waals surface area contributed by atoms with Crippen molar-refractivity contribution >= 4 is 5.91 Å². The minimum atomic E-state index is 0.0809. The predicted molar refractivity (Wildman–Crippen MR) is 104 cm³/mol. The van der Waals surface area contributed by atoms with Crippen molar-refractivity contribution in [3.8, 4) is 0 Å². The van der Waals surface area contributed by atoms with E-state index in [-0.39, 0.29) is 23.4 Å². The molecule has 1 amide bonds. The molecule has 0 aromatic heterocycles. The summed E-state index contributed by atoms with van der Waals surface area (Å²) in [5.74, 6) is 0.942. The van der Waals surface area contributed by atoms with Crippen LogP contribution in [0.1, 0.15) is 64.0 Å². The second kappa shape index (κ2) is 6.37. The highest BCUT2D eigenvalue weighted by atomic mass is 16.3. The molecule has 1 aromatic rings. The Labute approximate surface area is 157 Å². The highest BCUT2D eigenvalue weighted by molar-refractivity contribution is 5.80. The van der Waals surface area contributed by atoms with E-state index in [0.29, 0.717) is 17.9 Å². The first-order valence-corrected chi connectivity index (χ1v) is 10.4. The Kier molecular flexibility index (Phi) is 4.42. The van der Waals surface area contributed by atoms with Crippen LogP contribution in [-0.2, 0) is 16.6 Å². The minimum Gasteiger partial charge on any atom is -0.396 e. The van der Waals surface area contributed by atoms with Gasteiger partial charge < -0.3 is 10.0 Å². The van der Waals surface area contributed by atoms with Gasteiger partial charge in [-0.3, -0.25) is 4.79 Å². The molecule has 0 radical (unpaired) electrons. The molecule has 2 atom stereocenters. The van der Waals surface area contributed by atoms with Crippen molar-refractivity contribution in [3.63, 3.8) is 0 Å². The normalized spacial score (nSPS) is 35.7. The second-order valence-electron chi connectivity index (χ2n) is 9.61. The zero-order valence-corrected chi connectivity index (χ0v) is 16.5. The van der Waals surface area contributed by atoms with Crippen molar-refractivity contribution < 1.29 is 9.90 Å². The van der Waals surface area contributed by atoms with Crippen molar-refractivity contribution in [3.05, 3.63) is 35.4 Å². The van der Waals surface area contributed by atoms with Crippen molar-refractivity contribution in [2.45, 2.75) is 70.8 Å². The molecule has 1 aliphatic heterocycles. The third-order valence-electron chi connectivity index (χ3n) is 8.25. The molecule has 142 valence electrons. The molecule has 0 spiro atoms.